The Morgan fingerprint density at radius 2 is 0.646 bits per heavy atom. The molecule has 0 aliphatic carbocycles. The fourth-order valence-corrected chi connectivity index (χ4v) is 16.3. The van der Waals surface area contributed by atoms with Crippen LogP contribution in [0.4, 0.5) is 115 Å². The van der Waals surface area contributed by atoms with Crippen molar-refractivity contribution in [3.8, 4) is 11.5 Å². The van der Waals surface area contributed by atoms with Gasteiger partial charge in [0.25, 0.3) is 60.7 Å². The van der Waals surface area contributed by atoms with Crippen molar-refractivity contribution in [1.82, 2.24) is 51.4 Å². The molecule has 678 valence electrons. The smallest absolute Gasteiger partial charge is 0.296 e. The molecule has 130 heavy (non-hydrogen) atoms. The molecular weight excluding hydrogens is 1820 g/mol. The van der Waals surface area contributed by atoms with Crippen molar-refractivity contribution in [3.63, 3.8) is 0 Å². The highest BCUT2D eigenvalue weighted by Gasteiger charge is 2.28. The Morgan fingerprint density at radius 1 is 0.331 bits per heavy atom. The number of aromatic nitrogens is 6. The molecule has 2 aromatic heterocycles. The van der Waals surface area contributed by atoms with Crippen LogP contribution in [0.3, 0.4) is 0 Å². The minimum Gasteiger partial charge on any atom is -0.505 e. The molecule has 0 aliphatic rings. The topological polar surface area (TPSA) is 750 Å². The number of hydrogen-bond donors (Lipinski definition) is 20. The maximum Gasteiger partial charge on any atom is 0.296 e. The Hall–Kier alpha value is -13.9. The van der Waals surface area contributed by atoms with Gasteiger partial charge in [0.15, 0.2) is 11.5 Å². The Morgan fingerprint density at radius 3 is 0.969 bits per heavy atom. The first kappa shape index (κ1) is 93.7. The summed E-state index contributed by atoms with van der Waals surface area (Å²) in [7, 11) is -30.2. The molecule has 13 aromatic rings. The van der Waals surface area contributed by atoms with Crippen LogP contribution in [0.5, 0.6) is 11.5 Å². The first-order chi connectivity index (χ1) is 61.3. The van der Waals surface area contributed by atoms with Gasteiger partial charge in [-0.05, 0) is 184 Å². The van der Waals surface area contributed by atoms with E-state index in [1.54, 1.807) is 62.0 Å². The van der Waals surface area contributed by atoms with Crippen LogP contribution in [-0.2, 0) is 60.7 Å². The number of nitrogens with two attached hydrogens (primary N) is 4. The molecule has 0 saturated heterocycles. The van der Waals surface area contributed by atoms with Gasteiger partial charge < -0.3 is 65.0 Å². The fourth-order valence-electron chi connectivity index (χ4n) is 12.7. The predicted octanol–water partition coefficient (Wildman–Crippen LogP) is 11.8. The number of azo groups is 4. The van der Waals surface area contributed by atoms with Crippen LogP contribution in [0, 0.1) is 0 Å². The molecule has 0 amide bonds. The molecular formula is C76H78N28O20S6. The molecule has 2 atom stereocenters. The lowest BCUT2D eigenvalue weighted by Crippen LogP contribution is -2.45. The summed E-state index contributed by atoms with van der Waals surface area (Å²) in [5.41, 5.74) is 28.3. The quantitative estimate of drug-likeness (QED) is 0.00433. The summed E-state index contributed by atoms with van der Waals surface area (Å²) in [6.45, 7) is 9.08. The van der Waals surface area contributed by atoms with Gasteiger partial charge in [0.1, 0.15) is 42.3 Å². The largest absolute Gasteiger partial charge is 0.505 e. The van der Waals surface area contributed by atoms with E-state index in [1.807, 2.05) is 0 Å². The van der Waals surface area contributed by atoms with E-state index in [9.17, 15) is 88.0 Å². The summed E-state index contributed by atoms with van der Waals surface area (Å²) in [6.07, 6.45) is -0.711. The average Bonchev–Trinajstić information content (AvgIpc) is 0.763. The first-order valence-electron chi connectivity index (χ1n) is 38.1. The van der Waals surface area contributed by atoms with Crippen LogP contribution in [0.2, 0.25) is 0 Å². The van der Waals surface area contributed by atoms with Crippen LogP contribution in [0.15, 0.2) is 240 Å². The molecule has 0 bridgehead atoms. The molecule has 0 aliphatic heterocycles. The lowest BCUT2D eigenvalue weighted by atomic mass is 10.1. The van der Waals surface area contributed by atoms with E-state index in [0.29, 0.717) is 37.6 Å². The predicted molar refractivity (Wildman–Crippen MR) is 481 cm³/mol. The Kier molecular flexibility index (Phi) is 27.5. The summed E-state index contributed by atoms with van der Waals surface area (Å²) in [6, 6.07) is 34.9. The standard InChI is InChI=1S/C76H78N28O20S6/c1-5-103(83-29-27-81-39(3)77)75-91-71(89-73(93-75)87-47-15-25-63(127(113,114)115)61(35-47)99-95-57-21-23-59(55-37-49(125(107,108)109)17-19-51(55)57)97-101-67-65(129(119,120)121)31-41-7-9-43(79)33-53(41)69(67)105)85-45-11-13-46(14-12-45)86-72-90-74(94-76(92-72)104(6-2)84-30-28-82-40(4)78)88-48-16-26-64(128(116,117)118)62(36-48)100-96-58-22-24-60(56-38-50(126(110,111)112)18-20-52(56)58)98-102-68-66(130(122,123)124)32-42-8-10-44(80)34-54(42)70(68)106/h7-26,31-40,81-84,105-106H,5-6,27-30,77-80H2,1-4H3,(H,107,108,109)(H,110,111,112)(H,113,114,115)(H,116,117,118)(H,119,120,121)(H,122,123,124)(H2,85,87,89,91,93)(H2,86,88,90,92,94)/b99-95+,100-96+,101-97+,102-98+. The van der Waals surface area contributed by atoms with E-state index >= 15 is 0 Å². The number of phenolic OH excluding ortho intramolecular Hbond substituents is 2. The Labute approximate surface area is 739 Å². The lowest BCUT2D eigenvalue weighted by Gasteiger charge is -2.23. The second-order valence-corrected chi connectivity index (χ2v) is 36.6. The molecule has 0 fully saturated rings. The highest BCUT2D eigenvalue weighted by molar-refractivity contribution is 7.87. The number of rotatable bonds is 36. The maximum absolute atomic E-state index is 13.0. The lowest BCUT2D eigenvalue weighted by molar-refractivity contribution is 0.472. The van der Waals surface area contributed by atoms with Gasteiger partial charge in [0.2, 0.25) is 35.7 Å². The molecule has 0 saturated carbocycles. The fraction of sp³-hybridized carbons (Fsp3) is 0.158. The van der Waals surface area contributed by atoms with Crippen LogP contribution >= 0.6 is 0 Å². The van der Waals surface area contributed by atoms with Crippen molar-refractivity contribution >= 4 is 219 Å². The van der Waals surface area contributed by atoms with Gasteiger partial charge in [-0.15, -0.1) is 40.9 Å². The summed E-state index contributed by atoms with van der Waals surface area (Å²) in [5.74, 6) is -1.85. The highest BCUT2D eigenvalue weighted by atomic mass is 32.2. The summed E-state index contributed by atoms with van der Waals surface area (Å²) in [4.78, 5) is 23.5. The molecule has 54 heteroatoms. The third-order valence-electron chi connectivity index (χ3n) is 18.8. The first-order valence-corrected chi connectivity index (χ1v) is 46.7. The van der Waals surface area contributed by atoms with Gasteiger partial charge in [-0.3, -0.25) is 37.3 Å². The molecule has 0 spiro atoms. The number of aromatic hydroxyl groups is 2. The molecule has 2 unspecified atom stereocenters. The van der Waals surface area contributed by atoms with Crippen molar-refractivity contribution in [2.75, 3.05) is 82.0 Å². The van der Waals surface area contributed by atoms with Gasteiger partial charge in [-0.2, -0.15) is 80.4 Å². The van der Waals surface area contributed by atoms with E-state index in [0.717, 1.165) is 48.5 Å². The molecule has 11 aromatic carbocycles. The molecule has 24 N–H and O–H groups in total. The number of hydrogen-bond acceptors (Lipinski definition) is 42. The van der Waals surface area contributed by atoms with Crippen LogP contribution < -0.4 is 75.7 Å². The van der Waals surface area contributed by atoms with Crippen LogP contribution in [-0.4, -0.2) is 170 Å². The number of nitrogens with one attached hydrogen (secondary N) is 8. The molecule has 2 heterocycles. The van der Waals surface area contributed by atoms with Gasteiger partial charge in [0.05, 0.1) is 44.9 Å². The van der Waals surface area contributed by atoms with Gasteiger partial charge in [-0.25, -0.2) is 10.9 Å². The highest BCUT2D eigenvalue weighted by Crippen LogP contribution is 2.47. The molecule has 48 nitrogen and oxygen atoms in total. The number of hydrazine groups is 2. The van der Waals surface area contributed by atoms with Crippen molar-refractivity contribution in [2.45, 2.75) is 69.4 Å². The SMILES string of the molecule is CCN(NCCNC(C)N)c1nc(Nc2ccc(Nc3nc(Nc4ccc(S(=O)(=O)O)c(/N=N/c5ccc(/N=N/c6c(S(=O)(=O)O)cc7ccc(N)cc7c6O)c6cc(S(=O)(=O)O)ccc56)c4)nc(N(CC)NCCNC(C)N)n3)cc2)nc(Nc2ccc(S(=O)(=O)O)c(/N=N/c3ccc(/N=N/c4c(S(=O)(=O)O)cc5ccc(N)cc5c4O)c4cc(S(=O)(=O)O)ccc34)c2)n1. The van der Waals surface area contributed by atoms with Crippen LogP contribution in [0.25, 0.3) is 43.1 Å². The third-order valence-corrected chi connectivity index (χ3v) is 24.0. The number of benzene rings is 11. The number of nitrogen functional groups attached to an aromatic ring is 2. The van der Waals surface area contributed by atoms with E-state index in [2.05, 4.69) is 104 Å². The van der Waals surface area contributed by atoms with E-state index in [1.165, 1.54) is 97.1 Å². The van der Waals surface area contributed by atoms with E-state index < -0.39 is 124 Å². The van der Waals surface area contributed by atoms with E-state index in [-0.39, 0.29) is 150 Å². The maximum atomic E-state index is 13.0. The number of anilines is 12. The average molecular weight is 1900 g/mol. The summed E-state index contributed by atoms with van der Waals surface area (Å²) in [5, 5.41) is 77.6. The van der Waals surface area contributed by atoms with Crippen LogP contribution in [0.1, 0.15) is 27.7 Å². The van der Waals surface area contributed by atoms with E-state index in [4.69, 9.17) is 32.9 Å². The Bertz CT molecular complexity index is 7080. The summed E-state index contributed by atoms with van der Waals surface area (Å²) >= 11 is 0. The number of phenols is 2. The Balaban J connectivity index is 0.797. The zero-order valence-electron chi connectivity index (χ0n) is 68.0. The normalized spacial score (nSPS) is 13.1. The van der Waals surface area contributed by atoms with Crippen molar-refractivity contribution in [1.29, 1.82) is 0 Å². The van der Waals surface area contributed by atoms with Gasteiger partial charge in [-0.1, -0.05) is 24.3 Å². The zero-order chi connectivity index (χ0) is 93.7. The molecule has 0 radical (unpaired) electrons. The van der Waals surface area contributed by atoms with Gasteiger partial charge >= 0.3 is 0 Å². The number of fused-ring (bicyclic) bond motifs is 4. The van der Waals surface area contributed by atoms with Gasteiger partial charge in [0, 0.05) is 106 Å². The number of nitrogens with zero attached hydrogens (tertiary/aromatic N) is 16. The zero-order valence-corrected chi connectivity index (χ0v) is 72.9. The monoisotopic (exact) mass is 1890 g/mol. The third kappa shape index (κ3) is 22.6. The second-order valence-electron chi connectivity index (χ2n) is 28.2. The van der Waals surface area contributed by atoms with Crippen molar-refractivity contribution in [2.24, 2.45) is 52.4 Å². The van der Waals surface area contributed by atoms with Crippen molar-refractivity contribution < 1.29 is 88.0 Å². The van der Waals surface area contributed by atoms with Crippen molar-refractivity contribution in [3.05, 3.63) is 170 Å². The summed E-state index contributed by atoms with van der Waals surface area (Å²) < 4.78 is 215. The molecule has 13 rings (SSSR count). The second kappa shape index (κ2) is 38.2. The minimum atomic E-state index is -5.10. The minimum absolute atomic E-state index is 0.0205.